The van der Waals surface area contributed by atoms with Gasteiger partial charge in [-0.2, -0.15) is 10.5 Å². The molecule has 0 unspecified atom stereocenters. The van der Waals surface area contributed by atoms with Crippen LogP contribution in [0.2, 0.25) is 0 Å². The first-order valence-corrected chi connectivity index (χ1v) is 19.6. The molecule has 11 rings (SSSR count). The third-order valence-electron chi connectivity index (χ3n) is 11.2. The first-order valence-electron chi connectivity index (χ1n) is 19.6. The minimum atomic E-state index is 0.448. The van der Waals surface area contributed by atoms with Gasteiger partial charge in [-0.25, -0.2) is 15.0 Å². The number of rotatable bonds is 6. The van der Waals surface area contributed by atoms with Gasteiger partial charge in [0.1, 0.15) is 6.07 Å². The highest BCUT2D eigenvalue weighted by atomic mass is 15.0. The molecule has 0 spiro atoms. The Kier molecular flexibility index (Phi) is 8.11. The number of hydrogen-bond acceptors (Lipinski definition) is 5. The quantitative estimate of drug-likeness (QED) is 0.168. The van der Waals surface area contributed by atoms with Crippen LogP contribution in [0.3, 0.4) is 0 Å². The van der Waals surface area contributed by atoms with E-state index in [9.17, 15) is 10.5 Å². The molecule has 0 N–H and O–H groups in total. The maximum absolute atomic E-state index is 10.7. The fourth-order valence-corrected chi connectivity index (χ4v) is 8.53. The van der Waals surface area contributed by atoms with E-state index in [2.05, 4.69) is 112 Å². The second-order valence-electron chi connectivity index (χ2n) is 14.7. The fourth-order valence-electron chi connectivity index (χ4n) is 8.53. The average molecular weight is 766 g/mol. The van der Waals surface area contributed by atoms with E-state index < -0.39 is 0 Å². The fraction of sp³-hybridized carbons (Fsp3) is 0. The lowest BCUT2D eigenvalue weighted by molar-refractivity contribution is 1.07. The van der Waals surface area contributed by atoms with Gasteiger partial charge in [0.15, 0.2) is 17.5 Å². The molecule has 0 aliphatic heterocycles. The Labute approximate surface area is 345 Å². The normalized spacial score (nSPS) is 11.3. The summed E-state index contributed by atoms with van der Waals surface area (Å²) in [4.78, 5) is 15.2. The summed E-state index contributed by atoms with van der Waals surface area (Å²) >= 11 is 0. The largest absolute Gasteiger partial charge is 0.309 e. The van der Waals surface area contributed by atoms with E-state index in [1.54, 1.807) is 0 Å². The lowest BCUT2D eigenvalue weighted by Gasteiger charge is -2.16. The molecule has 11 aromatic rings. The Morgan fingerprint density at radius 3 is 1.33 bits per heavy atom. The zero-order valence-corrected chi connectivity index (χ0v) is 32.0. The molecule has 0 aliphatic carbocycles. The van der Waals surface area contributed by atoms with Crippen LogP contribution in [0.5, 0.6) is 0 Å². The number of fused-ring (bicyclic) bond motifs is 6. The van der Waals surface area contributed by atoms with E-state index in [0.29, 0.717) is 34.2 Å². The van der Waals surface area contributed by atoms with Gasteiger partial charge in [0.05, 0.1) is 50.6 Å². The number of aromatic nitrogens is 5. The highest BCUT2D eigenvalue weighted by molar-refractivity contribution is 6.10. The summed E-state index contributed by atoms with van der Waals surface area (Å²) in [6, 6.07) is 67.9. The van der Waals surface area contributed by atoms with Gasteiger partial charge < -0.3 is 9.13 Å². The van der Waals surface area contributed by atoms with Crippen LogP contribution in [-0.2, 0) is 0 Å². The predicted octanol–water partition coefficient (Wildman–Crippen LogP) is 12.5. The smallest absolute Gasteiger partial charge is 0.164 e. The molecule has 0 saturated carbocycles. The van der Waals surface area contributed by atoms with Crippen LogP contribution in [0.1, 0.15) is 11.1 Å². The third-order valence-corrected chi connectivity index (χ3v) is 11.2. The summed E-state index contributed by atoms with van der Waals surface area (Å²) in [5, 5.41) is 25.2. The molecule has 0 radical (unpaired) electrons. The molecule has 8 aromatic carbocycles. The molecule has 60 heavy (non-hydrogen) atoms. The Bertz CT molecular complexity index is 3480. The number of nitriles is 2. The van der Waals surface area contributed by atoms with Crippen LogP contribution in [0, 0.1) is 22.7 Å². The van der Waals surface area contributed by atoms with Crippen molar-refractivity contribution in [3.63, 3.8) is 0 Å². The van der Waals surface area contributed by atoms with E-state index in [-0.39, 0.29) is 0 Å². The number of nitrogens with zero attached hydrogens (tertiary/aromatic N) is 7. The highest BCUT2D eigenvalue weighted by Gasteiger charge is 2.20. The molecule has 0 aliphatic rings. The summed E-state index contributed by atoms with van der Waals surface area (Å²) in [5.74, 6) is 1.44. The molecule has 7 heteroatoms. The van der Waals surface area contributed by atoms with Gasteiger partial charge in [-0.1, -0.05) is 115 Å². The lowest BCUT2D eigenvalue weighted by atomic mass is 9.98. The van der Waals surface area contributed by atoms with Crippen LogP contribution in [0.25, 0.3) is 100 Å². The zero-order valence-electron chi connectivity index (χ0n) is 32.0. The minimum absolute atomic E-state index is 0.448. The van der Waals surface area contributed by atoms with Crippen molar-refractivity contribution in [2.75, 3.05) is 0 Å². The van der Waals surface area contributed by atoms with E-state index in [1.807, 2.05) is 97.1 Å². The van der Waals surface area contributed by atoms with Crippen molar-refractivity contribution in [1.82, 2.24) is 24.1 Å². The van der Waals surface area contributed by atoms with E-state index in [4.69, 9.17) is 15.0 Å². The molecular weight excluding hydrogens is 735 g/mol. The molecule has 0 bridgehead atoms. The summed E-state index contributed by atoms with van der Waals surface area (Å²) in [6.45, 7) is 0. The summed E-state index contributed by atoms with van der Waals surface area (Å²) < 4.78 is 4.45. The zero-order chi connectivity index (χ0) is 40.2. The second-order valence-corrected chi connectivity index (χ2v) is 14.7. The molecule has 0 saturated heterocycles. The molecular formula is C53H31N7. The lowest BCUT2D eigenvalue weighted by Crippen LogP contribution is -2.03. The van der Waals surface area contributed by atoms with Crippen LogP contribution < -0.4 is 0 Å². The van der Waals surface area contributed by atoms with Crippen LogP contribution in [0.15, 0.2) is 188 Å². The SMILES string of the molecule is N#Cc1cccc(-c2cc(-c3nc(-c4ccccc4)nc(-c4ccc(-n5c6ccccc6c6ccccc65)c(C#N)c4)n3)ccc2-n2c3ccccc3c3ccccc32)c1. The Balaban J connectivity index is 1.12. The molecule has 278 valence electrons. The van der Waals surface area contributed by atoms with Crippen LogP contribution in [-0.4, -0.2) is 24.1 Å². The monoisotopic (exact) mass is 765 g/mol. The number of para-hydroxylation sites is 4. The predicted molar refractivity (Wildman–Crippen MR) is 240 cm³/mol. The number of benzene rings is 8. The van der Waals surface area contributed by atoms with E-state index in [0.717, 1.165) is 77.2 Å². The van der Waals surface area contributed by atoms with E-state index >= 15 is 0 Å². The van der Waals surface area contributed by atoms with Gasteiger partial charge >= 0.3 is 0 Å². The van der Waals surface area contributed by atoms with Gasteiger partial charge in [-0.05, 0) is 78.4 Å². The van der Waals surface area contributed by atoms with Crippen molar-refractivity contribution >= 4 is 43.6 Å². The van der Waals surface area contributed by atoms with Crippen molar-refractivity contribution in [1.29, 1.82) is 10.5 Å². The van der Waals surface area contributed by atoms with Crippen molar-refractivity contribution in [3.05, 3.63) is 199 Å². The van der Waals surface area contributed by atoms with Crippen molar-refractivity contribution in [2.24, 2.45) is 0 Å². The summed E-state index contributed by atoms with van der Waals surface area (Å²) in [6.07, 6.45) is 0. The molecule has 7 nitrogen and oxygen atoms in total. The molecule has 0 amide bonds. The Morgan fingerprint density at radius 2 is 0.800 bits per heavy atom. The van der Waals surface area contributed by atoms with Gasteiger partial charge in [0, 0.05) is 43.8 Å². The average Bonchev–Trinajstić information content (AvgIpc) is 3.84. The maximum atomic E-state index is 10.7. The summed E-state index contributed by atoms with van der Waals surface area (Å²) in [5.41, 5.74) is 11.1. The van der Waals surface area contributed by atoms with Gasteiger partial charge in [-0.3, -0.25) is 0 Å². The molecule has 0 fully saturated rings. The number of hydrogen-bond donors (Lipinski definition) is 0. The van der Waals surface area contributed by atoms with Crippen LogP contribution >= 0.6 is 0 Å². The standard InChI is InChI=1S/C53H31N7/c54-32-34-13-12-16-36(29-34)44-31-38(26-28-50(44)60-48-23-10-6-19-42(48)43-20-7-11-24-49(43)60)53-57-51(35-14-2-1-3-15-35)56-52(58-53)37-25-27-45(39(30-37)33-55)59-46-21-8-4-17-40(46)41-18-5-9-22-47(41)59/h1-31H. The van der Waals surface area contributed by atoms with Crippen molar-refractivity contribution < 1.29 is 0 Å². The van der Waals surface area contributed by atoms with Gasteiger partial charge in [0.25, 0.3) is 0 Å². The van der Waals surface area contributed by atoms with Gasteiger partial charge in [0.2, 0.25) is 0 Å². The third kappa shape index (κ3) is 5.61. The summed E-state index contributed by atoms with van der Waals surface area (Å²) in [7, 11) is 0. The van der Waals surface area contributed by atoms with Crippen LogP contribution in [0.4, 0.5) is 0 Å². The molecule has 3 heterocycles. The first kappa shape index (κ1) is 34.6. The van der Waals surface area contributed by atoms with Crippen molar-refractivity contribution in [2.45, 2.75) is 0 Å². The topological polar surface area (TPSA) is 96.1 Å². The first-order chi connectivity index (χ1) is 29.7. The van der Waals surface area contributed by atoms with E-state index in [1.165, 1.54) is 0 Å². The van der Waals surface area contributed by atoms with Gasteiger partial charge in [-0.15, -0.1) is 0 Å². The molecule has 3 aromatic heterocycles. The molecule has 0 atom stereocenters. The van der Waals surface area contributed by atoms with Crippen molar-refractivity contribution in [3.8, 4) is 68.8 Å². The Morgan fingerprint density at radius 1 is 0.350 bits per heavy atom. The maximum Gasteiger partial charge on any atom is 0.164 e. The minimum Gasteiger partial charge on any atom is -0.309 e. The second kappa shape index (κ2) is 14.1. The Hall–Kier alpha value is -8.65. The highest BCUT2D eigenvalue weighted by Crippen LogP contribution is 2.39.